The van der Waals surface area contributed by atoms with Crippen LogP contribution in [-0.4, -0.2) is 62.5 Å². The SMILES string of the molecule is O=C(CN1C(=O)C(=Cc2cccc(Br)c2)Sc2ccccc21)NCCCN1CCN(c2cccc(Cl)c2)CC1. The molecule has 2 aliphatic heterocycles. The molecule has 2 amide bonds. The van der Waals surface area contributed by atoms with Gasteiger partial charge in [-0.1, -0.05) is 69.6 Å². The average molecular weight is 626 g/mol. The largest absolute Gasteiger partial charge is 0.369 e. The van der Waals surface area contributed by atoms with E-state index in [0.29, 0.717) is 11.4 Å². The molecule has 9 heteroatoms. The van der Waals surface area contributed by atoms with Crippen LogP contribution in [0.15, 0.2) is 87.1 Å². The lowest BCUT2D eigenvalue weighted by Crippen LogP contribution is -2.47. The Morgan fingerprint density at radius 3 is 2.59 bits per heavy atom. The third-order valence-electron chi connectivity index (χ3n) is 6.80. The summed E-state index contributed by atoms with van der Waals surface area (Å²) in [5, 5.41) is 3.78. The van der Waals surface area contributed by atoms with Crippen LogP contribution in [0, 0.1) is 0 Å². The zero-order valence-electron chi connectivity index (χ0n) is 21.5. The standard InChI is InChI=1S/C30H30BrClN4O2S/c31-23-7-3-6-22(18-23)19-28-30(38)36(26-10-1-2-11-27(26)39-28)21-29(37)33-12-5-13-34-14-16-35(17-15-34)25-9-4-8-24(32)20-25/h1-4,6-11,18-20H,5,12-17,21H2,(H,33,37). The normalized spacial score (nSPS) is 16.9. The van der Waals surface area contributed by atoms with Gasteiger partial charge in [-0.25, -0.2) is 0 Å². The van der Waals surface area contributed by atoms with E-state index in [4.69, 9.17) is 11.6 Å². The molecule has 2 aliphatic rings. The lowest BCUT2D eigenvalue weighted by atomic mass is 10.2. The lowest BCUT2D eigenvalue weighted by Gasteiger charge is -2.36. The number of hydrogen-bond donors (Lipinski definition) is 1. The summed E-state index contributed by atoms with van der Waals surface area (Å²) in [4.78, 5) is 34.2. The van der Waals surface area contributed by atoms with E-state index in [-0.39, 0.29) is 18.4 Å². The first-order chi connectivity index (χ1) is 19.0. The molecule has 0 aromatic heterocycles. The third-order valence-corrected chi connectivity index (χ3v) is 8.60. The summed E-state index contributed by atoms with van der Waals surface area (Å²) >= 11 is 11.1. The molecule has 2 heterocycles. The zero-order valence-corrected chi connectivity index (χ0v) is 24.6. The minimum atomic E-state index is -0.161. The molecule has 0 atom stereocenters. The number of benzene rings is 3. The average Bonchev–Trinajstić information content (AvgIpc) is 2.94. The first-order valence-electron chi connectivity index (χ1n) is 13.0. The summed E-state index contributed by atoms with van der Waals surface area (Å²) in [6, 6.07) is 23.5. The van der Waals surface area contributed by atoms with Gasteiger partial charge in [-0.05, 0) is 67.1 Å². The molecular formula is C30H30BrClN4O2S. The quantitative estimate of drug-likeness (QED) is 0.249. The molecule has 3 aromatic rings. The van der Waals surface area contributed by atoms with E-state index in [0.717, 1.165) is 70.5 Å². The van der Waals surface area contributed by atoms with Crippen LogP contribution in [0.25, 0.3) is 6.08 Å². The fraction of sp³-hybridized carbons (Fsp3) is 0.267. The second-order valence-electron chi connectivity index (χ2n) is 9.54. The summed E-state index contributed by atoms with van der Waals surface area (Å²) in [5.41, 5.74) is 2.86. The van der Waals surface area contributed by atoms with Gasteiger partial charge in [0.2, 0.25) is 5.91 Å². The second kappa shape index (κ2) is 13.0. The molecule has 39 heavy (non-hydrogen) atoms. The van der Waals surface area contributed by atoms with Crippen molar-refractivity contribution >= 4 is 68.6 Å². The predicted molar refractivity (Wildman–Crippen MR) is 165 cm³/mol. The molecule has 0 radical (unpaired) electrons. The molecule has 3 aromatic carbocycles. The van der Waals surface area contributed by atoms with Crippen LogP contribution in [0.2, 0.25) is 5.02 Å². The summed E-state index contributed by atoms with van der Waals surface area (Å²) in [5.74, 6) is -0.316. The van der Waals surface area contributed by atoms with Gasteiger partial charge < -0.3 is 10.2 Å². The second-order valence-corrected chi connectivity index (χ2v) is 12.0. The summed E-state index contributed by atoms with van der Waals surface area (Å²) in [6.07, 6.45) is 2.74. The van der Waals surface area contributed by atoms with Crippen LogP contribution >= 0.6 is 39.3 Å². The summed E-state index contributed by atoms with van der Waals surface area (Å²) in [7, 11) is 0. The van der Waals surface area contributed by atoms with Gasteiger partial charge in [0, 0.05) is 52.8 Å². The molecule has 5 rings (SSSR count). The maximum atomic E-state index is 13.4. The molecule has 0 unspecified atom stereocenters. The van der Waals surface area contributed by atoms with Gasteiger partial charge in [-0.15, -0.1) is 0 Å². The number of anilines is 2. The van der Waals surface area contributed by atoms with E-state index in [1.807, 2.05) is 72.8 Å². The van der Waals surface area contributed by atoms with Gasteiger partial charge in [0.25, 0.3) is 5.91 Å². The summed E-state index contributed by atoms with van der Waals surface area (Å²) in [6.45, 7) is 5.35. The van der Waals surface area contributed by atoms with E-state index >= 15 is 0 Å². The van der Waals surface area contributed by atoms with Crippen LogP contribution in [0.1, 0.15) is 12.0 Å². The molecule has 6 nitrogen and oxygen atoms in total. The molecule has 0 spiro atoms. The molecule has 202 valence electrons. The number of nitrogens with zero attached hydrogens (tertiary/aromatic N) is 3. The van der Waals surface area contributed by atoms with Crippen molar-refractivity contribution in [3.63, 3.8) is 0 Å². The first kappa shape index (κ1) is 27.8. The summed E-state index contributed by atoms with van der Waals surface area (Å²) < 4.78 is 0.949. The van der Waals surface area contributed by atoms with Gasteiger partial charge >= 0.3 is 0 Å². The van der Waals surface area contributed by atoms with Crippen molar-refractivity contribution in [2.24, 2.45) is 0 Å². The van der Waals surface area contributed by atoms with Crippen LogP contribution in [0.4, 0.5) is 11.4 Å². The number of nitrogens with one attached hydrogen (secondary N) is 1. The number of carbonyl (C=O) groups is 2. The number of carbonyl (C=O) groups excluding carboxylic acids is 2. The third kappa shape index (κ3) is 7.25. The highest BCUT2D eigenvalue weighted by molar-refractivity contribution is 9.10. The highest BCUT2D eigenvalue weighted by Crippen LogP contribution is 2.42. The van der Waals surface area contributed by atoms with E-state index < -0.39 is 0 Å². The Morgan fingerprint density at radius 1 is 1.00 bits per heavy atom. The van der Waals surface area contributed by atoms with Crippen molar-refractivity contribution in [3.8, 4) is 0 Å². The van der Waals surface area contributed by atoms with Gasteiger partial charge in [-0.2, -0.15) is 0 Å². The molecule has 0 aliphatic carbocycles. The van der Waals surface area contributed by atoms with E-state index in [2.05, 4.69) is 37.1 Å². The molecule has 0 saturated carbocycles. The predicted octanol–water partition coefficient (Wildman–Crippen LogP) is 5.91. The fourth-order valence-corrected chi connectivity index (χ4v) is 6.46. The smallest absolute Gasteiger partial charge is 0.265 e. The van der Waals surface area contributed by atoms with Crippen molar-refractivity contribution in [1.29, 1.82) is 0 Å². The molecule has 1 saturated heterocycles. The van der Waals surface area contributed by atoms with Gasteiger partial charge in [0.15, 0.2) is 0 Å². The molecule has 1 N–H and O–H groups in total. The Hall–Kier alpha value is -2.78. The molecule has 1 fully saturated rings. The van der Waals surface area contributed by atoms with Crippen molar-refractivity contribution in [3.05, 3.63) is 92.8 Å². The van der Waals surface area contributed by atoms with E-state index in [9.17, 15) is 9.59 Å². The van der Waals surface area contributed by atoms with Gasteiger partial charge in [0.05, 0.1) is 10.6 Å². The first-order valence-corrected chi connectivity index (χ1v) is 15.0. The number of halogens is 2. The van der Waals surface area contributed by atoms with Crippen molar-refractivity contribution in [1.82, 2.24) is 10.2 Å². The van der Waals surface area contributed by atoms with Crippen LogP contribution in [0.3, 0.4) is 0 Å². The number of rotatable bonds is 8. The molecular weight excluding hydrogens is 596 g/mol. The monoisotopic (exact) mass is 624 g/mol. The number of hydrogen-bond acceptors (Lipinski definition) is 5. The highest BCUT2D eigenvalue weighted by Gasteiger charge is 2.30. The fourth-order valence-electron chi connectivity index (χ4n) is 4.80. The Kier molecular flexibility index (Phi) is 9.29. The maximum Gasteiger partial charge on any atom is 0.265 e. The Morgan fingerprint density at radius 2 is 1.79 bits per heavy atom. The van der Waals surface area contributed by atoms with E-state index in [1.54, 1.807) is 4.90 Å². The lowest BCUT2D eigenvalue weighted by molar-refractivity contribution is -0.122. The number of fused-ring (bicyclic) bond motifs is 1. The minimum absolute atomic E-state index is 0.00938. The van der Waals surface area contributed by atoms with E-state index in [1.165, 1.54) is 11.8 Å². The zero-order chi connectivity index (χ0) is 27.2. The van der Waals surface area contributed by atoms with Crippen LogP contribution in [0.5, 0.6) is 0 Å². The minimum Gasteiger partial charge on any atom is -0.369 e. The Labute approximate surface area is 247 Å². The van der Waals surface area contributed by atoms with Gasteiger partial charge in [-0.3, -0.25) is 19.4 Å². The van der Waals surface area contributed by atoms with Crippen molar-refractivity contribution in [2.45, 2.75) is 11.3 Å². The maximum absolute atomic E-state index is 13.4. The topological polar surface area (TPSA) is 55.9 Å². The van der Waals surface area contributed by atoms with Crippen LogP contribution in [-0.2, 0) is 9.59 Å². The van der Waals surface area contributed by atoms with Crippen molar-refractivity contribution in [2.75, 3.05) is 55.6 Å². The Balaban J connectivity index is 1.12. The number of para-hydroxylation sites is 1. The number of thioether (sulfide) groups is 1. The highest BCUT2D eigenvalue weighted by atomic mass is 79.9. The molecule has 0 bridgehead atoms. The number of piperazine rings is 1. The van der Waals surface area contributed by atoms with Gasteiger partial charge in [0.1, 0.15) is 6.54 Å². The van der Waals surface area contributed by atoms with Crippen molar-refractivity contribution < 1.29 is 9.59 Å². The van der Waals surface area contributed by atoms with Crippen LogP contribution < -0.4 is 15.1 Å². The Bertz CT molecular complexity index is 1380. The number of amides is 2.